The van der Waals surface area contributed by atoms with E-state index in [2.05, 4.69) is 5.32 Å². The molecular weight excluding hydrogens is 244 g/mol. The molecule has 0 unspecified atom stereocenters. The molecule has 0 fully saturated rings. The van der Waals surface area contributed by atoms with Gasteiger partial charge in [0.25, 0.3) is 0 Å². The van der Waals surface area contributed by atoms with Gasteiger partial charge in [0.15, 0.2) is 0 Å². The zero-order valence-electron chi connectivity index (χ0n) is 11.7. The van der Waals surface area contributed by atoms with Crippen molar-refractivity contribution in [3.8, 4) is 0 Å². The molecule has 0 heterocycles. The van der Waals surface area contributed by atoms with Gasteiger partial charge in [0.05, 0.1) is 26.5 Å². The summed E-state index contributed by atoms with van der Waals surface area (Å²) in [7, 11) is 3.37. The van der Waals surface area contributed by atoms with Gasteiger partial charge in [-0.2, -0.15) is 0 Å². The van der Waals surface area contributed by atoms with Crippen LogP contribution in [-0.2, 0) is 9.59 Å². The Balaban J connectivity index is 2.71. The van der Waals surface area contributed by atoms with E-state index >= 15 is 0 Å². The van der Waals surface area contributed by atoms with Gasteiger partial charge in [-0.25, -0.2) is 0 Å². The quantitative estimate of drug-likeness (QED) is 0.708. The standard InChI is InChI=1S/C14H20N2O3/c1-9-5-10(2)7-11(6-9)15-13(17)8-12(14(18)19)16(3)4/h5-7,12H,8H2,1-4H3,(H,15,17)(H,18,19)/t12-/m0/s1. The van der Waals surface area contributed by atoms with Crippen molar-refractivity contribution in [2.24, 2.45) is 0 Å². The van der Waals surface area contributed by atoms with Gasteiger partial charge in [-0.05, 0) is 37.1 Å². The van der Waals surface area contributed by atoms with Crippen molar-refractivity contribution in [3.05, 3.63) is 29.3 Å². The van der Waals surface area contributed by atoms with Gasteiger partial charge in [0, 0.05) is 5.69 Å². The van der Waals surface area contributed by atoms with Gasteiger partial charge < -0.3 is 20.1 Å². The largest absolute Gasteiger partial charge is 0.544 e. The number of hydrogen-bond acceptors (Lipinski definition) is 3. The van der Waals surface area contributed by atoms with Crippen LogP contribution in [0.1, 0.15) is 17.5 Å². The third-order valence-corrected chi connectivity index (χ3v) is 2.88. The number of carboxylic acids is 1. The van der Waals surface area contributed by atoms with E-state index in [1.807, 2.05) is 32.0 Å². The molecule has 19 heavy (non-hydrogen) atoms. The number of likely N-dealkylation sites (N-methyl/N-ethyl adjacent to an activating group) is 1. The Morgan fingerprint density at radius 3 is 2.16 bits per heavy atom. The lowest BCUT2D eigenvalue weighted by Crippen LogP contribution is -3.12. The van der Waals surface area contributed by atoms with Gasteiger partial charge in [0.2, 0.25) is 5.91 Å². The minimum atomic E-state index is -1.21. The van der Waals surface area contributed by atoms with E-state index in [4.69, 9.17) is 0 Å². The molecule has 0 bridgehead atoms. The lowest BCUT2D eigenvalue weighted by Gasteiger charge is -2.21. The molecule has 1 aromatic rings. The predicted octanol–water partition coefficient (Wildman–Crippen LogP) is -1.10. The summed E-state index contributed by atoms with van der Waals surface area (Å²) in [6, 6.07) is 4.86. The van der Waals surface area contributed by atoms with E-state index in [0.29, 0.717) is 10.6 Å². The van der Waals surface area contributed by atoms with Crippen molar-refractivity contribution in [3.63, 3.8) is 0 Å². The maximum atomic E-state index is 11.8. The van der Waals surface area contributed by atoms with Crippen LogP contribution in [0.3, 0.4) is 0 Å². The van der Waals surface area contributed by atoms with Crippen molar-refractivity contribution >= 4 is 17.6 Å². The Kier molecular flexibility index (Phi) is 5.06. The highest BCUT2D eigenvalue weighted by Gasteiger charge is 2.20. The summed E-state index contributed by atoms with van der Waals surface area (Å²) in [6.07, 6.45) is -0.0995. The minimum Gasteiger partial charge on any atom is -0.544 e. The smallest absolute Gasteiger partial charge is 0.230 e. The highest BCUT2D eigenvalue weighted by atomic mass is 16.4. The Bertz CT molecular complexity index is 463. The monoisotopic (exact) mass is 264 g/mol. The Labute approximate surface area is 113 Å². The maximum Gasteiger partial charge on any atom is 0.230 e. The van der Waals surface area contributed by atoms with Gasteiger partial charge in [-0.15, -0.1) is 0 Å². The van der Waals surface area contributed by atoms with Crippen LogP contribution in [-0.4, -0.2) is 32.0 Å². The number of carbonyl (C=O) groups excluding carboxylic acids is 2. The van der Waals surface area contributed by atoms with Gasteiger partial charge in [-0.1, -0.05) is 6.07 Å². The topological polar surface area (TPSA) is 73.7 Å². The lowest BCUT2D eigenvalue weighted by molar-refractivity contribution is -0.878. The molecule has 0 aliphatic rings. The van der Waals surface area contributed by atoms with Crippen LogP contribution < -0.4 is 15.3 Å². The first-order valence-electron chi connectivity index (χ1n) is 6.18. The summed E-state index contributed by atoms with van der Waals surface area (Å²) in [5, 5.41) is 13.6. The molecule has 0 saturated heterocycles. The maximum absolute atomic E-state index is 11.8. The van der Waals surface area contributed by atoms with Crippen LogP contribution in [0.15, 0.2) is 18.2 Å². The molecule has 0 aliphatic carbocycles. The number of benzene rings is 1. The van der Waals surface area contributed by atoms with Crippen LogP contribution in [0.25, 0.3) is 0 Å². The van der Waals surface area contributed by atoms with Crippen molar-refractivity contribution in [1.29, 1.82) is 0 Å². The molecule has 5 heteroatoms. The highest BCUT2D eigenvalue weighted by Crippen LogP contribution is 2.13. The van der Waals surface area contributed by atoms with Crippen LogP contribution in [0.2, 0.25) is 0 Å². The van der Waals surface area contributed by atoms with Gasteiger partial charge in [-0.3, -0.25) is 4.79 Å². The first-order chi connectivity index (χ1) is 8.79. The number of carbonyl (C=O) groups is 2. The van der Waals surface area contributed by atoms with E-state index in [0.717, 1.165) is 11.1 Å². The van der Waals surface area contributed by atoms with Crippen molar-refractivity contribution in [1.82, 2.24) is 0 Å². The number of amides is 1. The number of aliphatic carboxylic acids is 1. The molecule has 0 spiro atoms. The first-order valence-corrected chi connectivity index (χ1v) is 6.18. The zero-order valence-corrected chi connectivity index (χ0v) is 11.7. The number of rotatable bonds is 5. The second-order valence-corrected chi connectivity index (χ2v) is 5.08. The molecular formula is C14H20N2O3. The third kappa shape index (κ3) is 4.71. The second kappa shape index (κ2) is 6.33. The molecule has 0 saturated carbocycles. The van der Waals surface area contributed by atoms with Crippen LogP contribution in [0.4, 0.5) is 5.69 Å². The van der Waals surface area contributed by atoms with Crippen molar-refractivity contribution in [2.75, 3.05) is 19.4 Å². The molecule has 0 radical (unpaired) electrons. The zero-order chi connectivity index (χ0) is 14.6. The SMILES string of the molecule is Cc1cc(C)cc(NC(=O)C[C@@H](C(=O)[O-])[NH+](C)C)c1. The lowest BCUT2D eigenvalue weighted by atomic mass is 10.1. The summed E-state index contributed by atoms with van der Waals surface area (Å²) in [6.45, 7) is 3.88. The van der Waals surface area contributed by atoms with Crippen LogP contribution >= 0.6 is 0 Å². The summed E-state index contributed by atoms with van der Waals surface area (Å²) in [5.74, 6) is -1.53. The Morgan fingerprint density at radius 2 is 1.74 bits per heavy atom. The summed E-state index contributed by atoms with van der Waals surface area (Å²) < 4.78 is 0. The third-order valence-electron chi connectivity index (χ3n) is 2.88. The number of quaternary nitrogens is 1. The molecule has 1 aromatic carbocycles. The summed E-state index contributed by atoms with van der Waals surface area (Å²) >= 11 is 0. The average Bonchev–Trinajstić information content (AvgIpc) is 2.23. The second-order valence-electron chi connectivity index (χ2n) is 5.08. The number of aryl methyl sites for hydroxylation is 2. The molecule has 104 valence electrons. The normalized spacial score (nSPS) is 12.3. The number of carboxylic acid groups (broad SMARTS) is 1. The molecule has 1 rings (SSSR count). The van der Waals surface area contributed by atoms with Gasteiger partial charge in [0.1, 0.15) is 6.04 Å². The summed E-state index contributed by atoms with van der Waals surface area (Å²) in [5.41, 5.74) is 2.78. The summed E-state index contributed by atoms with van der Waals surface area (Å²) in [4.78, 5) is 23.4. The fourth-order valence-corrected chi connectivity index (χ4v) is 1.97. The van der Waals surface area contributed by atoms with E-state index in [9.17, 15) is 14.7 Å². The Hall–Kier alpha value is -1.88. The number of nitrogens with one attached hydrogen (secondary N) is 2. The van der Waals surface area contributed by atoms with E-state index in [1.54, 1.807) is 14.1 Å². The Morgan fingerprint density at radius 1 is 1.21 bits per heavy atom. The fraction of sp³-hybridized carbons (Fsp3) is 0.429. The molecule has 5 nitrogen and oxygen atoms in total. The minimum absolute atomic E-state index is 0.0995. The van der Waals surface area contributed by atoms with E-state index in [-0.39, 0.29) is 12.3 Å². The molecule has 1 atom stereocenters. The molecule has 0 aliphatic heterocycles. The van der Waals surface area contributed by atoms with E-state index < -0.39 is 12.0 Å². The molecule has 2 N–H and O–H groups in total. The average molecular weight is 264 g/mol. The highest BCUT2D eigenvalue weighted by molar-refractivity contribution is 5.93. The van der Waals surface area contributed by atoms with Crippen molar-refractivity contribution in [2.45, 2.75) is 26.3 Å². The predicted molar refractivity (Wildman–Crippen MR) is 70.8 cm³/mol. The first kappa shape index (κ1) is 15.2. The fourth-order valence-electron chi connectivity index (χ4n) is 1.97. The number of anilines is 1. The van der Waals surface area contributed by atoms with Crippen molar-refractivity contribution < 1.29 is 19.6 Å². The van der Waals surface area contributed by atoms with Gasteiger partial charge >= 0.3 is 0 Å². The van der Waals surface area contributed by atoms with E-state index in [1.165, 1.54) is 0 Å². The van der Waals surface area contributed by atoms with Crippen LogP contribution in [0.5, 0.6) is 0 Å². The molecule has 0 aromatic heterocycles. The molecule has 1 amide bonds. The van der Waals surface area contributed by atoms with Crippen LogP contribution in [0, 0.1) is 13.8 Å². The number of hydrogen-bond donors (Lipinski definition) is 2.